The first kappa shape index (κ1) is 15.4. The molecule has 0 atom stereocenters. The van der Waals surface area contributed by atoms with Gasteiger partial charge >= 0.3 is 0 Å². The van der Waals surface area contributed by atoms with Gasteiger partial charge < -0.3 is 14.8 Å². The number of benzene rings is 2. The van der Waals surface area contributed by atoms with Crippen LogP contribution in [0.5, 0.6) is 11.5 Å². The van der Waals surface area contributed by atoms with Crippen LogP contribution in [0.2, 0.25) is 0 Å². The molecule has 5 heteroatoms. The molecule has 0 aromatic heterocycles. The third-order valence-corrected chi connectivity index (χ3v) is 3.54. The van der Waals surface area contributed by atoms with Crippen LogP contribution in [0.4, 0.5) is 0 Å². The van der Waals surface area contributed by atoms with Crippen molar-refractivity contribution in [2.75, 3.05) is 14.2 Å². The Bertz CT molecular complexity index is 626. The molecule has 0 aliphatic heterocycles. The zero-order chi connectivity index (χ0) is 15.2. The third kappa shape index (κ3) is 3.98. The van der Waals surface area contributed by atoms with Crippen molar-refractivity contribution in [1.29, 1.82) is 0 Å². The normalized spacial score (nSPS) is 10.0. The fourth-order valence-electron chi connectivity index (χ4n) is 1.86. The zero-order valence-electron chi connectivity index (χ0n) is 11.9. The van der Waals surface area contributed by atoms with Crippen molar-refractivity contribution in [3.63, 3.8) is 0 Å². The topological polar surface area (TPSA) is 47.6 Å². The van der Waals surface area contributed by atoms with Gasteiger partial charge in [-0.05, 0) is 35.9 Å². The molecule has 21 heavy (non-hydrogen) atoms. The summed E-state index contributed by atoms with van der Waals surface area (Å²) < 4.78 is 11.4. The van der Waals surface area contributed by atoms with Gasteiger partial charge in [-0.1, -0.05) is 28.1 Å². The molecule has 2 aromatic rings. The van der Waals surface area contributed by atoms with Crippen LogP contribution in [0, 0.1) is 0 Å². The molecule has 0 aliphatic rings. The number of hydrogen-bond acceptors (Lipinski definition) is 3. The van der Waals surface area contributed by atoms with E-state index in [1.165, 1.54) is 0 Å². The van der Waals surface area contributed by atoms with E-state index in [9.17, 15) is 4.79 Å². The minimum atomic E-state index is -0.154. The Hall–Kier alpha value is -2.01. The molecule has 2 aromatic carbocycles. The number of ether oxygens (including phenoxy) is 2. The van der Waals surface area contributed by atoms with Crippen molar-refractivity contribution in [3.05, 3.63) is 58.1 Å². The van der Waals surface area contributed by atoms with Gasteiger partial charge in [-0.2, -0.15) is 0 Å². The average Bonchev–Trinajstić information content (AvgIpc) is 2.53. The molecule has 1 N–H and O–H groups in total. The SMILES string of the molecule is COc1ccc(C(=O)NCc2ccc(Br)cc2)cc1OC. The van der Waals surface area contributed by atoms with E-state index in [1.807, 2.05) is 24.3 Å². The second kappa shape index (κ2) is 7.13. The van der Waals surface area contributed by atoms with Gasteiger partial charge in [-0.15, -0.1) is 0 Å². The molecular formula is C16H16BrNO3. The largest absolute Gasteiger partial charge is 0.493 e. The smallest absolute Gasteiger partial charge is 0.251 e. The minimum absolute atomic E-state index is 0.154. The summed E-state index contributed by atoms with van der Waals surface area (Å²) in [6, 6.07) is 12.9. The Kier molecular flexibility index (Phi) is 5.22. The van der Waals surface area contributed by atoms with Crippen LogP contribution in [0.15, 0.2) is 46.9 Å². The summed E-state index contributed by atoms with van der Waals surface area (Å²) in [5.74, 6) is 0.981. The molecule has 4 nitrogen and oxygen atoms in total. The van der Waals surface area contributed by atoms with Gasteiger partial charge in [0.05, 0.1) is 14.2 Å². The van der Waals surface area contributed by atoms with Gasteiger partial charge in [0.25, 0.3) is 5.91 Å². The zero-order valence-corrected chi connectivity index (χ0v) is 13.4. The lowest BCUT2D eigenvalue weighted by atomic mass is 10.1. The van der Waals surface area contributed by atoms with Crippen LogP contribution in [-0.4, -0.2) is 20.1 Å². The number of halogens is 1. The lowest BCUT2D eigenvalue weighted by Gasteiger charge is -2.10. The van der Waals surface area contributed by atoms with Crippen molar-refractivity contribution in [2.24, 2.45) is 0 Å². The van der Waals surface area contributed by atoms with Gasteiger partial charge in [0.2, 0.25) is 0 Å². The second-order valence-corrected chi connectivity index (χ2v) is 5.29. The van der Waals surface area contributed by atoms with E-state index in [0.717, 1.165) is 10.0 Å². The van der Waals surface area contributed by atoms with Crippen LogP contribution in [0.25, 0.3) is 0 Å². The second-order valence-electron chi connectivity index (χ2n) is 4.38. The first-order valence-electron chi connectivity index (χ1n) is 6.38. The van der Waals surface area contributed by atoms with Crippen molar-refractivity contribution in [2.45, 2.75) is 6.54 Å². The van der Waals surface area contributed by atoms with Crippen molar-refractivity contribution in [1.82, 2.24) is 5.32 Å². The minimum Gasteiger partial charge on any atom is -0.493 e. The molecule has 0 unspecified atom stereocenters. The first-order chi connectivity index (χ1) is 10.1. The monoisotopic (exact) mass is 349 g/mol. The van der Waals surface area contributed by atoms with Gasteiger partial charge in [0, 0.05) is 16.6 Å². The Morgan fingerprint density at radius 3 is 2.33 bits per heavy atom. The van der Waals surface area contributed by atoms with Crippen molar-refractivity contribution < 1.29 is 14.3 Å². The van der Waals surface area contributed by atoms with Crippen molar-refractivity contribution in [3.8, 4) is 11.5 Å². The van der Waals surface area contributed by atoms with E-state index in [1.54, 1.807) is 32.4 Å². The molecule has 110 valence electrons. The van der Waals surface area contributed by atoms with Gasteiger partial charge in [0.15, 0.2) is 11.5 Å². The summed E-state index contributed by atoms with van der Waals surface area (Å²) >= 11 is 3.38. The molecule has 1 amide bonds. The van der Waals surface area contributed by atoms with Gasteiger partial charge in [0.1, 0.15) is 0 Å². The standard InChI is InChI=1S/C16H16BrNO3/c1-20-14-8-5-12(9-15(14)21-2)16(19)18-10-11-3-6-13(17)7-4-11/h3-9H,10H2,1-2H3,(H,18,19). The number of methoxy groups -OCH3 is 2. The number of amides is 1. The lowest BCUT2D eigenvalue weighted by molar-refractivity contribution is 0.0950. The van der Waals surface area contributed by atoms with Crippen LogP contribution in [-0.2, 0) is 6.54 Å². The van der Waals surface area contributed by atoms with E-state index in [2.05, 4.69) is 21.2 Å². The molecule has 0 spiro atoms. The quantitative estimate of drug-likeness (QED) is 0.899. The fraction of sp³-hybridized carbons (Fsp3) is 0.188. The molecular weight excluding hydrogens is 334 g/mol. The fourth-order valence-corrected chi connectivity index (χ4v) is 2.13. The predicted octanol–water partition coefficient (Wildman–Crippen LogP) is 3.40. The highest BCUT2D eigenvalue weighted by Gasteiger charge is 2.10. The highest BCUT2D eigenvalue weighted by molar-refractivity contribution is 9.10. The first-order valence-corrected chi connectivity index (χ1v) is 7.18. The van der Waals surface area contributed by atoms with E-state index in [-0.39, 0.29) is 5.91 Å². The molecule has 0 saturated carbocycles. The summed E-state index contributed by atoms with van der Waals surface area (Å²) in [6.07, 6.45) is 0. The molecule has 0 aliphatic carbocycles. The number of hydrogen-bond donors (Lipinski definition) is 1. The van der Waals surface area contributed by atoms with E-state index in [0.29, 0.717) is 23.6 Å². The predicted molar refractivity (Wildman–Crippen MR) is 84.9 cm³/mol. The molecule has 0 bridgehead atoms. The molecule has 0 radical (unpaired) electrons. The summed E-state index contributed by atoms with van der Waals surface area (Å²) in [7, 11) is 3.10. The number of nitrogens with one attached hydrogen (secondary N) is 1. The molecule has 0 heterocycles. The maximum Gasteiger partial charge on any atom is 0.251 e. The summed E-state index contributed by atoms with van der Waals surface area (Å²) in [6.45, 7) is 0.473. The summed E-state index contributed by atoms with van der Waals surface area (Å²) in [5, 5.41) is 2.87. The molecule has 2 rings (SSSR count). The van der Waals surface area contributed by atoms with Gasteiger partial charge in [-0.25, -0.2) is 0 Å². The number of rotatable bonds is 5. The maximum absolute atomic E-state index is 12.1. The lowest BCUT2D eigenvalue weighted by Crippen LogP contribution is -2.22. The Labute approximate surface area is 132 Å². The van der Waals surface area contributed by atoms with Crippen LogP contribution in [0.3, 0.4) is 0 Å². The summed E-state index contributed by atoms with van der Waals surface area (Å²) in [4.78, 5) is 12.1. The molecule has 0 fully saturated rings. The van der Waals surface area contributed by atoms with Crippen LogP contribution < -0.4 is 14.8 Å². The van der Waals surface area contributed by atoms with Crippen molar-refractivity contribution >= 4 is 21.8 Å². The van der Waals surface area contributed by atoms with E-state index >= 15 is 0 Å². The summed E-state index contributed by atoms with van der Waals surface area (Å²) in [5.41, 5.74) is 1.57. The Morgan fingerprint density at radius 1 is 1.05 bits per heavy atom. The van der Waals surface area contributed by atoms with E-state index in [4.69, 9.17) is 9.47 Å². The number of carbonyl (C=O) groups excluding carboxylic acids is 1. The maximum atomic E-state index is 12.1. The number of carbonyl (C=O) groups is 1. The third-order valence-electron chi connectivity index (χ3n) is 3.01. The van der Waals surface area contributed by atoms with Crippen LogP contribution in [0.1, 0.15) is 15.9 Å². The molecule has 0 saturated heterocycles. The van der Waals surface area contributed by atoms with Gasteiger partial charge in [-0.3, -0.25) is 4.79 Å². The Morgan fingerprint density at radius 2 is 1.71 bits per heavy atom. The highest BCUT2D eigenvalue weighted by atomic mass is 79.9. The average molecular weight is 350 g/mol. The Balaban J connectivity index is 2.04. The van der Waals surface area contributed by atoms with E-state index < -0.39 is 0 Å². The van der Waals surface area contributed by atoms with Crippen LogP contribution >= 0.6 is 15.9 Å². The highest BCUT2D eigenvalue weighted by Crippen LogP contribution is 2.27.